The van der Waals surface area contributed by atoms with E-state index in [2.05, 4.69) is 0 Å². The molecule has 2 aromatic heterocycles. The summed E-state index contributed by atoms with van der Waals surface area (Å²) in [6, 6.07) is 5.53. The fourth-order valence-electron chi connectivity index (χ4n) is 1.76. The van der Waals surface area contributed by atoms with Crippen LogP contribution in [0.15, 0.2) is 28.5 Å². The molecule has 0 unspecified atom stereocenters. The summed E-state index contributed by atoms with van der Waals surface area (Å²) in [7, 11) is -1.83. The zero-order chi connectivity index (χ0) is 14.0. The summed E-state index contributed by atoms with van der Waals surface area (Å²) in [5.74, 6) is 0. The molecule has 2 N–H and O–H groups in total. The van der Waals surface area contributed by atoms with Crippen molar-refractivity contribution in [2.45, 2.75) is 24.9 Å². The quantitative estimate of drug-likeness (QED) is 0.921. The molecular weight excluding hydrogens is 300 g/mol. The summed E-state index contributed by atoms with van der Waals surface area (Å²) in [4.78, 5) is 3.08. The first-order valence-electron chi connectivity index (χ1n) is 5.73. The Hall–Kier alpha value is -0.730. The van der Waals surface area contributed by atoms with E-state index in [1.54, 1.807) is 24.5 Å². The van der Waals surface area contributed by atoms with E-state index >= 15 is 0 Å². The number of hydrogen-bond donors (Lipinski definition) is 1. The Morgan fingerprint density at radius 2 is 2.11 bits per heavy atom. The van der Waals surface area contributed by atoms with E-state index in [1.807, 2.05) is 24.4 Å². The highest BCUT2D eigenvalue weighted by molar-refractivity contribution is 7.89. The number of nitrogens with zero attached hydrogens (tertiary/aromatic N) is 1. The van der Waals surface area contributed by atoms with Crippen molar-refractivity contribution in [3.63, 3.8) is 0 Å². The van der Waals surface area contributed by atoms with Crippen LogP contribution < -0.4 is 5.73 Å². The fourth-order valence-corrected chi connectivity index (χ4v) is 5.22. The van der Waals surface area contributed by atoms with Gasteiger partial charge in [-0.25, -0.2) is 8.42 Å². The van der Waals surface area contributed by atoms with Gasteiger partial charge < -0.3 is 5.73 Å². The Bertz CT molecular complexity index is 645. The first kappa shape index (κ1) is 14.7. The van der Waals surface area contributed by atoms with Crippen molar-refractivity contribution in [2.75, 3.05) is 7.05 Å². The second kappa shape index (κ2) is 5.72. The SMILES string of the molecule is Cc1sc(CN)cc1S(=O)(=O)N(C)Cc1cccs1. The van der Waals surface area contributed by atoms with Crippen LogP contribution in [-0.4, -0.2) is 19.8 Å². The molecule has 0 fully saturated rings. The van der Waals surface area contributed by atoms with Gasteiger partial charge in [0.25, 0.3) is 0 Å². The lowest BCUT2D eigenvalue weighted by Gasteiger charge is -2.16. The molecule has 4 nitrogen and oxygen atoms in total. The van der Waals surface area contributed by atoms with Gasteiger partial charge in [-0.1, -0.05) is 6.07 Å². The number of sulfonamides is 1. The summed E-state index contributed by atoms with van der Waals surface area (Å²) in [5.41, 5.74) is 5.56. The Morgan fingerprint density at radius 1 is 1.37 bits per heavy atom. The number of aryl methyl sites for hydroxylation is 1. The minimum atomic E-state index is -3.44. The second-order valence-electron chi connectivity index (χ2n) is 4.18. The van der Waals surface area contributed by atoms with Crippen molar-refractivity contribution in [3.05, 3.63) is 38.2 Å². The molecule has 0 radical (unpaired) electrons. The Balaban J connectivity index is 2.28. The van der Waals surface area contributed by atoms with E-state index in [-0.39, 0.29) is 0 Å². The van der Waals surface area contributed by atoms with Gasteiger partial charge in [0.2, 0.25) is 10.0 Å². The zero-order valence-corrected chi connectivity index (χ0v) is 13.2. The third-order valence-corrected chi connectivity index (χ3v) is 6.76. The molecule has 104 valence electrons. The highest BCUT2D eigenvalue weighted by Crippen LogP contribution is 2.28. The smallest absolute Gasteiger partial charge is 0.244 e. The van der Waals surface area contributed by atoms with Crippen molar-refractivity contribution in [3.8, 4) is 0 Å². The molecule has 0 saturated heterocycles. The fraction of sp³-hybridized carbons (Fsp3) is 0.333. The van der Waals surface area contributed by atoms with Crippen LogP contribution in [0, 0.1) is 6.92 Å². The first-order chi connectivity index (χ1) is 8.95. The maximum atomic E-state index is 12.5. The zero-order valence-electron chi connectivity index (χ0n) is 10.8. The van der Waals surface area contributed by atoms with Crippen molar-refractivity contribution in [1.29, 1.82) is 0 Å². The van der Waals surface area contributed by atoms with E-state index in [0.717, 1.165) is 14.6 Å². The molecule has 2 aromatic rings. The number of thiophene rings is 2. The highest BCUT2D eigenvalue weighted by atomic mass is 32.2. The van der Waals surface area contributed by atoms with Gasteiger partial charge in [-0.3, -0.25) is 0 Å². The lowest BCUT2D eigenvalue weighted by atomic mass is 10.4. The van der Waals surface area contributed by atoms with E-state index in [0.29, 0.717) is 18.0 Å². The molecule has 0 atom stereocenters. The number of rotatable bonds is 5. The molecule has 19 heavy (non-hydrogen) atoms. The third-order valence-electron chi connectivity index (χ3n) is 2.77. The predicted molar refractivity (Wildman–Crippen MR) is 79.9 cm³/mol. The lowest BCUT2D eigenvalue weighted by molar-refractivity contribution is 0.469. The summed E-state index contributed by atoms with van der Waals surface area (Å²) in [6.07, 6.45) is 0. The van der Waals surface area contributed by atoms with Crippen LogP contribution in [0.4, 0.5) is 0 Å². The molecule has 0 spiro atoms. The Morgan fingerprint density at radius 3 is 2.63 bits per heavy atom. The van der Waals surface area contributed by atoms with Crippen molar-refractivity contribution < 1.29 is 8.42 Å². The highest BCUT2D eigenvalue weighted by Gasteiger charge is 2.25. The van der Waals surface area contributed by atoms with Crippen molar-refractivity contribution in [1.82, 2.24) is 4.31 Å². The largest absolute Gasteiger partial charge is 0.326 e. The summed E-state index contributed by atoms with van der Waals surface area (Å²) in [5, 5.41) is 1.94. The monoisotopic (exact) mass is 316 g/mol. The van der Waals surface area contributed by atoms with Crippen LogP contribution in [0.3, 0.4) is 0 Å². The van der Waals surface area contributed by atoms with Crippen molar-refractivity contribution >= 4 is 32.7 Å². The molecule has 0 amide bonds. The van der Waals surface area contributed by atoms with Gasteiger partial charge >= 0.3 is 0 Å². The van der Waals surface area contributed by atoms with Gasteiger partial charge in [-0.05, 0) is 24.4 Å². The molecule has 0 bridgehead atoms. The molecule has 7 heteroatoms. The molecule has 0 aromatic carbocycles. The molecule has 0 aliphatic carbocycles. The summed E-state index contributed by atoms with van der Waals surface area (Å²) in [6.45, 7) is 2.58. The maximum Gasteiger partial charge on any atom is 0.244 e. The minimum absolute atomic E-state index is 0.371. The molecule has 0 aliphatic rings. The van der Waals surface area contributed by atoms with E-state index in [4.69, 9.17) is 5.73 Å². The van der Waals surface area contributed by atoms with Crippen LogP contribution in [0.25, 0.3) is 0 Å². The minimum Gasteiger partial charge on any atom is -0.326 e. The first-order valence-corrected chi connectivity index (χ1v) is 8.87. The van der Waals surface area contributed by atoms with Gasteiger partial charge in [0, 0.05) is 34.8 Å². The average molecular weight is 316 g/mol. The molecule has 2 rings (SSSR count). The normalized spacial score (nSPS) is 12.2. The van der Waals surface area contributed by atoms with Crippen LogP contribution in [0.2, 0.25) is 0 Å². The molecular formula is C12H16N2O2S3. The third kappa shape index (κ3) is 3.06. The predicted octanol–water partition coefficient (Wildman–Crippen LogP) is 2.40. The second-order valence-corrected chi connectivity index (χ2v) is 8.56. The summed E-state index contributed by atoms with van der Waals surface area (Å²) < 4.78 is 26.4. The Labute approximate surface area is 121 Å². The van der Waals surface area contributed by atoms with E-state index < -0.39 is 10.0 Å². The van der Waals surface area contributed by atoms with Crippen LogP contribution in [0.5, 0.6) is 0 Å². The van der Waals surface area contributed by atoms with Crippen LogP contribution in [-0.2, 0) is 23.1 Å². The van der Waals surface area contributed by atoms with Gasteiger partial charge in [-0.2, -0.15) is 4.31 Å². The summed E-state index contributed by atoms with van der Waals surface area (Å²) >= 11 is 2.99. The van der Waals surface area contributed by atoms with Gasteiger partial charge in [-0.15, -0.1) is 22.7 Å². The van der Waals surface area contributed by atoms with Gasteiger partial charge in [0.15, 0.2) is 0 Å². The lowest BCUT2D eigenvalue weighted by Crippen LogP contribution is -2.26. The van der Waals surface area contributed by atoms with Gasteiger partial charge in [0.1, 0.15) is 0 Å². The molecule has 2 heterocycles. The standard InChI is InChI=1S/C12H16N2O2S3/c1-9-12(6-11(7-13)18-9)19(15,16)14(2)8-10-4-3-5-17-10/h3-6H,7-8,13H2,1-2H3. The van der Waals surface area contributed by atoms with Gasteiger partial charge in [0.05, 0.1) is 4.90 Å². The number of nitrogens with two attached hydrogens (primary N) is 1. The topological polar surface area (TPSA) is 63.4 Å². The molecule has 0 saturated carbocycles. The molecule has 0 aliphatic heterocycles. The maximum absolute atomic E-state index is 12.5. The van der Waals surface area contributed by atoms with Crippen LogP contribution in [0.1, 0.15) is 14.6 Å². The average Bonchev–Trinajstić information content (AvgIpc) is 2.98. The van der Waals surface area contributed by atoms with Crippen LogP contribution >= 0.6 is 22.7 Å². The van der Waals surface area contributed by atoms with E-state index in [1.165, 1.54) is 15.6 Å². The van der Waals surface area contributed by atoms with Crippen molar-refractivity contribution in [2.24, 2.45) is 5.73 Å². The number of hydrogen-bond acceptors (Lipinski definition) is 5. The van der Waals surface area contributed by atoms with E-state index in [9.17, 15) is 8.42 Å². The Kier molecular flexibility index (Phi) is 4.42.